The van der Waals surface area contributed by atoms with E-state index in [1.54, 1.807) is 18.5 Å². The topological polar surface area (TPSA) is 52.6 Å². The molecule has 0 aliphatic carbocycles. The zero-order valence-corrected chi connectivity index (χ0v) is 16.1. The average Bonchev–Trinajstić information content (AvgIpc) is 2.96. The van der Waals surface area contributed by atoms with E-state index in [4.69, 9.17) is 0 Å². The van der Waals surface area contributed by atoms with E-state index in [1.807, 2.05) is 30.0 Å². The van der Waals surface area contributed by atoms with Crippen LogP contribution in [0, 0.1) is 0 Å². The van der Waals surface area contributed by atoms with E-state index in [-0.39, 0.29) is 5.91 Å². The summed E-state index contributed by atoms with van der Waals surface area (Å²) in [5, 5.41) is 0. The maximum absolute atomic E-state index is 12.5. The second-order valence-corrected chi connectivity index (χ2v) is 7.55. The van der Waals surface area contributed by atoms with Crippen LogP contribution in [0.15, 0.2) is 18.5 Å². The quantitative estimate of drug-likeness (QED) is 0.775. The number of aromatic nitrogens is 2. The van der Waals surface area contributed by atoms with Crippen molar-refractivity contribution in [3.05, 3.63) is 24.0 Å². The highest BCUT2D eigenvalue weighted by Gasteiger charge is 2.26. The van der Waals surface area contributed by atoms with Crippen LogP contribution in [0.25, 0.3) is 6.08 Å². The summed E-state index contributed by atoms with van der Waals surface area (Å²) in [6.45, 7) is 4.20. The van der Waals surface area contributed by atoms with E-state index >= 15 is 0 Å². The largest absolute Gasteiger partial charge is 0.347 e. The van der Waals surface area contributed by atoms with E-state index in [2.05, 4.69) is 14.9 Å². The van der Waals surface area contributed by atoms with Gasteiger partial charge in [0.15, 0.2) is 0 Å². The molecule has 1 aromatic heterocycles. The number of hydrogen-bond acceptors (Lipinski definition) is 5. The highest BCUT2D eigenvalue weighted by Crippen LogP contribution is 2.21. The molecule has 1 aromatic rings. The second kappa shape index (κ2) is 9.12. The van der Waals surface area contributed by atoms with Crippen molar-refractivity contribution in [3.63, 3.8) is 0 Å². The van der Waals surface area contributed by atoms with Crippen LogP contribution in [0.1, 0.15) is 44.1 Å². The zero-order valence-electron chi connectivity index (χ0n) is 16.1. The van der Waals surface area contributed by atoms with Gasteiger partial charge < -0.3 is 14.7 Å². The minimum atomic E-state index is 0.0935. The Morgan fingerprint density at radius 3 is 2.23 bits per heavy atom. The van der Waals surface area contributed by atoms with Gasteiger partial charge in [-0.15, -0.1) is 0 Å². The first-order valence-corrected chi connectivity index (χ1v) is 9.84. The molecule has 2 saturated heterocycles. The van der Waals surface area contributed by atoms with Crippen molar-refractivity contribution in [2.45, 2.75) is 44.6 Å². The lowest BCUT2D eigenvalue weighted by molar-refractivity contribution is -0.127. The Labute approximate surface area is 156 Å². The van der Waals surface area contributed by atoms with Gasteiger partial charge in [0.05, 0.1) is 0 Å². The molecule has 142 valence electrons. The number of likely N-dealkylation sites (tertiary alicyclic amines) is 2. The number of anilines is 1. The van der Waals surface area contributed by atoms with Crippen molar-refractivity contribution in [3.8, 4) is 0 Å². The first kappa shape index (κ1) is 18.8. The maximum atomic E-state index is 12.5. The molecule has 2 aliphatic rings. The van der Waals surface area contributed by atoms with Gasteiger partial charge in [-0.2, -0.15) is 0 Å². The fourth-order valence-corrected chi connectivity index (χ4v) is 3.83. The molecule has 0 saturated carbocycles. The number of nitrogens with zero attached hydrogens (tertiary/aromatic N) is 5. The third-order valence-corrected chi connectivity index (χ3v) is 5.41. The molecule has 3 rings (SSSR count). The van der Waals surface area contributed by atoms with Gasteiger partial charge in [-0.25, -0.2) is 9.97 Å². The predicted molar refractivity (Wildman–Crippen MR) is 105 cm³/mol. The monoisotopic (exact) mass is 357 g/mol. The molecule has 0 radical (unpaired) electrons. The third-order valence-electron chi connectivity index (χ3n) is 5.41. The molecule has 26 heavy (non-hydrogen) atoms. The molecule has 3 heterocycles. The highest BCUT2D eigenvalue weighted by molar-refractivity contribution is 5.91. The van der Waals surface area contributed by atoms with Crippen molar-refractivity contribution in [1.29, 1.82) is 0 Å². The van der Waals surface area contributed by atoms with Crippen LogP contribution >= 0.6 is 0 Å². The van der Waals surface area contributed by atoms with Crippen LogP contribution in [0.2, 0.25) is 0 Å². The van der Waals surface area contributed by atoms with Gasteiger partial charge >= 0.3 is 0 Å². The van der Waals surface area contributed by atoms with Crippen molar-refractivity contribution in [2.75, 3.05) is 45.2 Å². The Hall–Kier alpha value is -1.95. The van der Waals surface area contributed by atoms with Crippen LogP contribution in [0.3, 0.4) is 0 Å². The Balaban J connectivity index is 1.48. The Bertz CT molecular complexity index is 597. The predicted octanol–water partition coefficient (Wildman–Crippen LogP) is 2.42. The molecule has 0 aromatic carbocycles. The van der Waals surface area contributed by atoms with Crippen LogP contribution in [0.4, 0.5) is 5.95 Å². The fraction of sp³-hybridized carbons (Fsp3) is 0.650. The average molecular weight is 358 g/mol. The number of hydrogen-bond donors (Lipinski definition) is 0. The molecular weight excluding hydrogens is 326 g/mol. The first-order chi connectivity index (χ1) is 12.6. The Morgan fingerprint density at radius 1 is 1.04 bits per heavy atom. The SMILES string of the molecule is CN(C)c1ncc(/C=C/C(=O)N2CCC(N3CCCCCC3)CC2)cn1. The van der Waals surface area contributed by atoms with E-state index in [9.17, 15) is 4.79 Å². The fourth-order valence-electron chi connectivity index (χ4n) is 3.83. The summed E-state index contributed by atoms with van der Waals surface area (Å²) in [6.07, 6.45) is 14.6. The lowest BCUT2D eigenvalue weighted by Crippen LogP contribution is -2.46. The van der Waals surface area contributed by atoms with E-state index in [0.717, 1.165) is 31.5 Å². The molecular formula is C20H31N5O. The first-order valence-electron chi connectivity index (χ1n) is 9.84. The summed E-state index contributed by atoms with van der Waals surface area (Å²) in [5.74, 6) is 0.764. The lowest BCUT2D eigenvalue weighted by atomic mass is 10.0. The molecule has 0 bridgehead atoms. The molecule has 6 heteroatoms. The van der Waals surface area contributed by atoms with Crippen molar-refractivity contribution in [2.24, 2.45) is 0 Å². The summed E-state index contributed by atoms with van der Waals surface area (Å²) in [5.41, 5.74) is 0.850. The summed E-state index contributed by atoms with van der Waals surface area (Å²) in [6, 6.07) is 0.660. The van der Waals surface area contributed by atoms with Crippen molar-refractivity contribution < 1.29 is 4.79 Å². The van der Waals surface area contributed by atoms with Crippen molar-refractivity contribution in [1.82, 2.24) is 19.8 Å². The molecule has 2 fully saturated rings. The van der Waals surface area contributed by atoms with Crippen molar-refractivity contribution >= 4 is 17.9 Å². The second-order valence-electron chi connectivity index (χ2n) is 7.55. The van der Waals surface area contributed by atoms with Gasteiger partial charge in [-0.05, 0) is 44.8 Å². The Morgan fingerprint density at radius 2 is 1.65 bits per heavy atom. The number of piperidine rings is 1. The van der Waals surface area contributed by atoms with Crippen LogP contribution in [0.5, 0.6) is 0 Å². The normalized spacial score (nSPS) is 20.3. The Kier molecular flexibility index (Phi) is 6.61. The van der Waals surface area contributed by atoms with Crippen LogP contribution in [-0.2, 0) is 4.79 Å². The minimum Gasteiger partial charge on any atom is -0.347 e. The summed E-state index contributed by atoms with van der Waals surface area (Å²) in [7, 11) is 3.81. The third kappa shape index (κ3) is 5.04. The maximum Gasteiger partial charge on any atom is 0.246 e. The number of amides is 1. The van der Waals surface area contributed by atoms with Crippen LogP contribution < -0.4 is 4.90 Å². The van der Waals surface area contributed by atoms with E-state index in [1.165, 1.54) is 38.8 Å². The summed E-state index contributed by atoms with van der Waals surface area (Å²) >= 11 is 0. The lowest BCUT2D eigenvalue weighted by Gasteiger charge is -2.37. The van der Waals surface area contributed by atoms with Crippen LogP contribution in [-0.4, -0.2) is 72.0 Å². The zero-order chi connectivity index (χ0) is 18.4. The summed E-state index contributed by atoms with van der Waals surface area (Å²) in [4.78, 5) is 27.5. The smallest absolute Gasteiger partial charge is 0.246 e. The summed E-state index contributed by atoms with van der Waals surface area (Å²) < 4.78 is 0. The van der Waals surface area contributed by atoms with Gasteiger partial charge in [0, 0.05) is 57.3 Å². The molecule has 6 nitrogen and oxygen atoms in total. The minimum absolute atomic E-state index is 0.0935. The molecule has 0 N–H and O–H groups in total. The van der Waals surface area contributed by atoms with Gasteiger partial charge in [0.1, 0.15) is 0 Å². The molecule has 0 spiro atoms. The molecule has 0 unspecified atom stereocenters. The van der Waals surface area contributed by atoms with E-state index < -0.39 is 0 Å². The van der Waals surface area contributed by atoms with Gasteiger partial charge in [0.25, 0.3) is 0 Å². The standard InChI is InChI=1S/C20H31N5O/c1-23(2)20-21-15-17(16-22-20)7-8-19(26)25-13-9-18(10-14-25)24-11-5-3-4-6-12-24/h7-8,15-16,18H,3-6,9-14H2,1-2H3/b8-7+. The molecule has 0 atom stereocenters. The highest BCUT2D eigenvalue weighted by atomic mass is 16.2. The number of carbonyl (C=O) groups is 1. The van der Waals surface area contributed by atoms with Gasteiger partial charge in [0.2, 0.25) is 11.9 Å². The number of carbonyl (C=O) groups excluding carboxylic acids is 1. The van der Waals surface area contributed by atoms with Gasteiger partial charge in [-0.3, -0.25) is 4.79 Å². The van der Waals surface area contributed by atoms with Gasteiger partial charge in [-0.1, -0.05) is 12.8 Å². The number of rotatable bonds is 4. The molecule has 1 amide bonds. The van der Waals surface area contributed by atoms with E-state index in [0.29, 0.717) is 12.0 Å². The molecule has 2 aliphatic heterocycles.